The molecule has 3 amide bonds. The summed E-state index contributed by atoms with van der Waals surface area (Å²) in [6.07, 6.45) is 1.34. The lowest BCUT2D eigenvalue weighted by atomic mass is 9.95. The number of piperidine rings is 1. The van der Waals surface area contributed by atoms with Gasteiger partial charge in [0.1, 0.15) is 11.4 Å². The van der Waals surface area contributed by atoms with Crippen LogP contribution < -0.4 is 19.7 Å². The number of anilines is 1. The minimum Gasteiger partial charge on any atom is -0.493 e. The van der Waals surface area contributed by atoms with Gasteiger partial charge in [-0.2, -0.15) is 0 Å². The van der Waals surface area contributed by atoms with E-state index >= 15 is 0 Å². The molecule has 4 aromatic rings. The summed E-state index contributed by atoms with van der Waals surface area (Å²) >= 11 is 0. The highest BCUT2D eigenvalue weighted by Crippen LogP contribution is 2.36. The van der Waals surface area contributed by atoms with Crippen LogP contribution in [0.5, 0.6) is 11.5 Å². The highest BCUT2D eigenvalue weighted by molar-refractivity contribution is 6.00. The van der Waals surface area contributed by atoms with E-state index in [1.165, 1.54) is 0 Å². The standard InChI is InChI=1S/C34H39N7O5/c1-22-19-27(31(42)35-21-23-7-5-4-6-8-23)38-34(36-22)41-13-11-24(12-14-41)32(43)39-15-17-40(18-16-39)33(44)28-20-25-26(37-28)9-10-29(45-2)30(25)46-3/h4-10,19-20,24,37H,11-18,21H2,1-3H3,(H,35,42). The lowest BCUT2D eigenvalue weighted by molar-refractivity contribution is -0.137. The summed E-state index contributed by atoms with van der Waals surface area (Å²) in [7, 11) is 3.16. The zero-order valence-corrected chi connectivity index (χ0v) is 26.4. The zero-order chi connectivity index (χ0) is 32.2. The summed E-state index contributed by atoms with van der Waals surface area (Å²) in [6, 6.07) is 16.9. The molecule has 6 rings (SSSR count). The minimum atomic E-state index is -0.247. The van der Waals surface area contributed by atoms with E-state index in [4.69, 9.17) is 9.47 Å². The molecule has 12 heteroatoms. The van der Waals surface area contributed by atoms with Crippen LogP contribution in [0.3, 0.4) is 0 Å². The van der Waals surface area contributed by atoms with E-state index in [2.05, 4.69) is 20.3 Å². The first-order chi connectivity index (χ1) is 22.3. The van der Waals surface area contributed by atoms with Gasteiger partial charge >= 0.3 is 0 Å². The van der Waals surface area contributed by atoms with Crippen molar-refractivity contribution in [3.8, 4) is 11.5 Å². The van der Waals surface area contributed by atoms with E-state index in [1.807, 2.05) is 53.1 Å². The van der Waals surface area contributed by atoms with Crippen molar-refractivity contribution >= 4 is 34.6 Å². The molecule has 0 bridgehead atoms. The molecule has 2 aliphatic rings. The first-order valence-corrected chi connectivity index (χ1v) is 15.6. The maximum Gasteiger partial charge on any atom is 0.270 e. The number of hydrogen-bond acceptors (Lipinski definition) is 8. The van der Waals surface area contributed by atoms with Crippen LogP contribution in [0.15, 0.2) is 54.6 Å². The Labute approximate surface area is 267 Å². The molecule has 2 aromatic carbocycles. The molecular weight excluding hydrogens is 586 g/mol. The largest absolute Gasteiger partial charge is 0.493 e. The van der Waals surface area contributed by atoms with E-state index < -0.39 is 0 Å². The smallest absolute Gasteiger partial charge is 0.270 e. The summed E-state index contributed by atoms with van der Waals surface area (Å²) in [5, 5.41) is 3.71. The predicted molar refractivity (Wildman–Crippen MR) is 173 cm³/mol. The second-order valence-electron chi connectivity index (χ2n) is 11.7. The Kier molecular flexibility index (Phi) is 9.04. The molecule has 0 unspecified atom stereocenters. The van der Waals surface area contributed by atoms with Gasteiger partial charge in [0.2, 0.25) is 11.9 Å². The molecule has 4 heterocycles. The van der Waals surface area contributed by atoms with Crippen LogP contribution in [0, 0.1) is 12.8 Å². The lowest BCUT2D eigenvalue weighted by Crippen LogP contribution is -2.53. The fourth-order valence-corrected chi connectivity index (χ4v) is 6.21. The molecule has 2 aromatic heterocycles. The number of aryl methyl sites for hydroxylation is 1. The number of carbonyl (C=O) groups is 3. The Bertz CT molecular complexity index is 1720. The molecule has 0 atom stereocenters. The number of methoxy groups -OCH3 is 2. The number of benzene rings is 2. The molecule has 0 spiro atoms. The maximum absolute atomic E-state index is 13.5. The zero-order valence-electron chi connectivity index (χ0n) is 26.4. The molecular formula is C34H39N7O5. The van der Waals surface area contributed by atoms with Crippen LogP contribution in [-0.2, 0) is 11.3 Å². The van der Waals surface area contributed by atoms with Crippen LogP contribution in [0.1, 0.15) is 45.1 Å². The number of aromatic amines is 1. The molecule has 2 aliphatic heterocycles. The Balaban J connectivity index is 1.01. The molecule has 12 nitrogen and oxygen atoms in total. The first-order valence-electron chi connectivity index (χ1n) is 15.6. The van der Waals surface area contributed by atoms with Crippen molar-refractivity contribution in [1.29, 1.82) is 0 Å². The molecule has 0 aliphatic carbocycles. The molecule has 0 radical (unpaired) electrons. The molecule has 2 fully saturated rings. The van der Waals surface area contributed by atoms with Crippen LogP contribution in [0.25, 0.3) is 10.9 Å². The van der Waals surface area contributed by atoms with Gasteiger partial charge in [0.25, 0.3) is 11.8 Å². The van der Waals surface area contributed by atoms with E-state index in [0.717, 1.165) is 16.5 Å². The van der Waals surface area contributed by atoms with Gasteiger partial charge in [-0.25, -0.2) is 9.97 Å². The van der Waals surface area contributed by atoms with Crippen LogP contribution in [0.2, 0.25) is 0 Å². The van der Waals surface area contributed by atoms with Crippen LogP contribution in [0.4, 0.5) is 5.95 Å². The average molecular weight is 626 g/mol. The number of amides is 3. The highest BCUT2D eigenvalue weighted by atomic mass is 16.5. The van der Waals surface area contributed by atoms with E-state index in [1.54, 1.807) is 37.3 Å². The van der Waals surface area contributed by atoms with Crippen molar-refractivity contribution in [2.24, 2.45) is 5.92 Å². The summed E-state index contributed by atoms with van der Waals surface area (Å²) in [5.41, 5.74) is 3.32. The van der Waals surface area contributed by atoms with Gasteiger partial charge in [-0.05, 0) is 49.6 Å². The topological polar surface area (TPSA) is 133 Å². The molecule has 2 N–H and O–H groups in total. The number of nitrogens with zero attached hydrogens (tertiary/aromatic N) is 5. The maximum atomic E-state index is 13.5. The highest BCUT2D eigenvalue weighted by Gasteiger charge is 2.33. The van der Waals surface area contributed by atoms with Gasteiger partial charge in [0.05, 0.1) is 19.7 Å². The fourth-order valence-electron chi connectivity index (χ4n) is 6.21. The number of aromatic nitrogens is 3. The Morgan fingerprint density at radius 1 is 0.891 bits per heavy atom. The van der Waals surface area contributed by atoms with E-state index in [-0.39, 0.29) is 23.6 Å². The third kappa shape index (κ3) is 6.46. The molecule has 2 saturated heterocycles. The van der Waals surface area contributed by atoms with Gasteiger partial charge in [-0.15, -0.1) is 0 Å². The summed E-state index contributed by atoms with van der Waals surface area (Å²) in [5.74, 6) is 1.36. The fraction of sp³-hybridized carbons (Fsp3) is 0.382. The second kappa shape index (κ2) is 13.5. The quantitative estimate of drug-likeness (QED) is 0.305. The third-order valence-electron chi connectivity index (χ3n) is 8.75. The van der Waals surface area contributed by atoms with Gasteiger partial charge < -0.3 is 34.5 Å². The molecule has 46 heavy (non-hydrogen) atoms. The molecule has 240 valence electrons. The molecule has 0 saturated carbocycles. The average Bonchev–Trinajstić information content (AvgIpc) is 3.54. The normalized spacial score (nSPS) is 15.6. The third-order valence-corrected chi connectivity index (χ3v) is 8.75. The monoisotopic (exact) mass is 625 g/mol. The number of carbonyl (C=O) groups excluding carboxylic acids is 3. The van der Waals surface area contributed by atoms with E-state index in [0.29, 0.717) is 93.2 Å². The van der Waals surface area contributed by atoms with Gasteiger partial charge in [-0.3, -0.25) is 14.4 Å². The van der Waals surface area contributed by atoms with Crippen molar-refractivity contribution in [3.63, 3.8) is 0 Å². The summed E-state index contributed by atoms with van der Waals surface area (Å²) in [4.78, 5) is 57.7. The SMILES string of the molecule is COc1ccc2[nH]c(C(=O)N3CCN(C(=O)C4CCN(c5nc(C)cc(C(=O)NCc6ccccc6)n5)CC4)CC3)cc2c1OC. The van der Waals surface area contributed by atoms with Gasteiger partial charge in [-0.1, -0.05) is 30.3 Å². The lowest BCUT2D eigenvalue weighted by Gasteiger charge is -2.38. The Morgan fingerprint density at radius 2 is 1.61 bits per heavy atom. The minimum absolute atomic E-state index is 0.104. The Morgan fingerprint density at radius 3 is 2.30 bits per heavy atom. The summed E-state index contributed by atoms with van der Waals surface area (Å²) in [6.45, 7) is 5.43. The van der Waals surface area contributed by atoms with Crippen LogP contribution >= 0.6 is 0 Å². The van der Waals surface area contributed by atoms with Crippen LogP contribution in [-0.4, -0.2) is 96.0 Å². The first kappa shape index (κ1) is 30.9. The number of rotatable bonds is 8. The Hall–Kier alpha value is -5.13. The van der Waals surface area contributed by atoms with Crippen molar-refractivity contribution in [3.05, 3.63) is 77.2 Å². The second-order valence-corrected chi connectivity index (χ2v) is 11.7. The predicted octanol–water partition coefficient (Wildman–Crippen LogP) is 3.41. The number of ether oxygens (including phenoxy) is 2. The van der Waals surface area contributed by atoms with Crippen molar-refractivity contribution in [2.75, 3.05) is 58.4 Å². The number of H-pyrrole nitrogens is 1. The number of fused-ring (bicyclic) bond motifs is 1. The van der Waals surface area contributed by atoms with Crippen molar-refractivity contribution in [2.45, 2.75) is 26.3 Å². The number of nitrogens with one attached hydrogen (secondary N) is 2. The van der Waals surface area contributed by atoms with Crippen molar-refractivity contribution < 1.29 is 23.9 Å². The number of piperazine rings is 1. The van der Waals surface area contributed by atoms with Gasteiger partial charge in [0, 0.05) is 62.8 Å². The number of hydrogen-bond donors (Lipinski definition) is 2. The van der Waals surface area contributed by atoms with Gasteiger partial charge in [0.15, 0.2) is 11.5 Å². The van der Waals surface area contributed by atoms with Crippen molar-refractivity contribution in [1.82, 2.24) is 30.1 Å². The van der Waals surface area contributed by atoms with E-state index in [9.17, 15) is 14.4 Å². The summed E-state index contributed by atoms with van der Waals surface area (Å²) < 4.78 is 10.9.